The number of hydrogen-bond acceptors (Lipinski definition) is 5. The van der Waals surface area contributed by atoms with E-state index in [1.165, 1.54) is 11.8 Å². The minimum atomic E-state index is -4.59. The lowest BCUT2D eigenvalue weighted by atomic mass is 10.0. The van der Waals surface area contributed by atoms with E-state index in [0.717, 1.165) is 24.3 Å². The lowest BCUT2D eigenvalue weighted by Gasteiger charge is -2.16. The molecule has 0 saturated carbocycles. The van der Waals surface area contributed by atoms with Crippen molar-refractivity contribution < 1.29 is 26.9 Å². The summed E-state index contributed by atoms with van der Waals surface area (Å²) in [5, 5.41) is 11.3. The van der Waals surface area contributed by atoms with Gasteiger partial charge in [-0.05, 0) is 23.8 Å². The van der Waals surface area contributed by atoms with Gasteiger partial charge in [0.05, 0.1) is 9.82 Å². The van der Waals surface area contributed by atoms with Gasteiger partial charge in [0.25, 0.3) is 15.7 Å². The largest absolute Gasteiger partial charge is 0.306 e. The molecule has 1 atom stereocenters. The van der Waals surface area contributed by atoms with Gasteiger partial charge in [-0.3, -0.25) is 19.6 Å². The first kappa shape index (κ1) is 20.9. The Bertz CT molecular complexity index is 1130. The van der Waals surface area contributed by atoms with Crippen LogP contribution in [0.1, 0.15) is 25.3 Å². The second-order valence-corrected chi connectivity index (χ2v) is 8.64. The first-order chi connectivity index (χ1) is 13.4. The highest BCUT2D eigenvalue weighted by Gasteiger charge is 2.37. The van der Waals surface area contributed by atoms with Crippen molar-refractivity contribution in [1.29, 1.82) is 0 Å². The van der Waals surface area contributed by atoms with Gasteiger partial charge < -0.3 is 4.90 Å². The zero-order chi connectivity index (χ0) is 21.7. The molecule has 3 rings (SSSR count). The average molecular weight is 446 g/mol. The van der Waals surface area contributed by atoms with E-state index in [1.807, 2.05) is 0 Å². The number of rotatable bonds is 4. The Morgan fingerprint density at radius 2 is 1.86 bits per heavy atom. The second kappa shape index (κ2) is 7.23. The average Bonchev–Trinajstić information content (AvgIpc) is 2.94. The lowest BCUT2D eigenvalue weighted by molar-refractivity contribution is -0.384. The summed E-state index contributed by atoms with van der Waals surface area (Å²) in [6.45, 7) is 3.06. The second-order valence-electron chi connectivity index (χ2n) is 6.52. The van der Waals surface area contributed by atoms with Crippen LogP contribution in [-0.4, -0.2) is 25.8 Å². The molecule has 2 aromatic rings. The molecule has 8 nitrogen and oxygen atoms in total. The molecule has 154 valence electrons. The van der Waals surface area contributed by atoms with E-state index in [1.54, 1.807) is 11.6 Å². The maximum Gasteiger partial charge on any atom is 0.294 e. The number of nitro groups is 1. The number of anilines is 2. The fourth-order valence-electron chi connectivity index (χ4n) is 3.16. The van der Waals surface area contributed by atoms with Gasteiger partial charge in [-0.15, -0.1) is 0 Å². The van der Waals surface area contributed by atoms with Crippen LogP contribution in [0.4, 0.5) is 25.8 Å². The van der Waals surface area contributed by atoms with E-state index in [9.17, 15) is 32.1 Å². The van der Waals surface area contributed by atoms with Crippen LogP contribution in [-0.2, 0) is 14.8 Å². The fraction of sp³-hybridized carbons (Fsp3) is 0.235. The van der Waals surface area contributed by atoms with Gasteiger partial charge in [-0.25, -0.2) is 17.2 Å². The van der Waals surface area contributed by atoms with Gasteiger partial charge in [-0.2, -0.15) is 0 Å². The minimum Gasteiger partial charge on any atom is -0.306 e. The predicted octanol–water partition coefficient (Wildman–Crippen LogP) is 3.80. The number of nitro benzene ring substituents is 1. The molecule has 0 radical (unpaired) electrons. The fourth-order valence-corrected chi connectivity index (χ4v) is 4.48. The number of carbonyl (C=O) groups excluding carboxylic acids is 1. The molecule has 0 fully saturated rings. The molecular weight excluding hydrogens is 432 g/mol. The Kier molecular flexibility index (Phi) is 5.22. The van der Waals surface area contributed by atoms with Crippen LogP contribution in [0.5, 0.6) is 0 Å². The smallest absolute Gasteiger partial charge is 0.294 e. The number of hydrogen-bond donors (Lipinski definition) is 1. The molecule has 0 saturated heterocycles. The first-order valence-electron chi connectivity index (χ1n) is 8.20. The molecule has 0 aromatic heterocycles. The third-order valence-corrected chi connectivity index (χ3v) is 6.03. The van der Waals surface area contributed by atoms with Crippen LogP contribution in [0.2, 0.25) is 5.02 Å². The highest BCUT2D eigenvalue weighted by molar-refractivity contribution is 7.92. The zero-order valence-electron chi connectivity index (χ0n) is 15.1. The van der Waals surface area contributed by atoms with Crippen LogP contribution in [0.3, 0.4) is 0 Å². The first-order valence-corrected chi connectivity index (χ1v) is 10.1. The molecule has 1 heterocycles. The monoisotopic (exact) mass is 445 g/mol. The molecule has 1 aliphatic heterocycles. The molecule has 2 aromatic carbocycles. The van der Waals surface area contributed by atoms with Gasteiger partial charge in [-0.1, -0.05) is 18.5 Å². The van der Waals surface area contributed by atoms with E-state index in [0.29, 0.717) is 0 Å². The third kappa shape index (κ3) is 3.75. The predicted molar refractivity (Wildman–Crippen MR) is 102 cm³/mol. The molecular formula is C17H14ClF2N3O5S. The summed E-state index contributed by atoms with van der Waals surface area (Å²) >= 11 is 5.52. The summed E-state index contributed by atoms with van der Waals surface area (Å²) in [5.41, 5.74) is -1.28. The van der Waals surface area contributed by atoms with Crippen molar-refractivity contribution in [2.75, 3.05) is 16.2 Å². The maximum absolute atomic E-state index is 14.0. The Morgan fingerprint density at radius 3 is 2.38 bits per heavy atom. The van der Waals surface area contributed by atoms with Crippen LogP contribution >= 0.6 is 11.6 Å². The molecule has 0 bridgehead atoms. The highest BCUT2D eigenvalue weighted by Crippen LogP contribution is 2.44. The van der Waals surface area contributed by atoms with Crippen molar-refractivity contribution in [2.24, 2.45) is 0 Å². The molecule has 12 heteroatoms. The zero-order valence-corrected chi connectivity index (χ0v) is 16.6. The number of benzene rings is 2. The SMILES string of the molecule is CC(=O)N1C[C@@H](C)c2cc(S(=O)(=O)Nc3c(F)cc(Cl)cc3F)cc([N+](=O)[O-])c21. The number of nitrogens with zero attached hydrogens (tertiary/aromatic N) is 2. The third-order valence-electron chi connectivity index (χ3n) is 4.48. The Morgan fingerprint density at radius 1 is 1.28 bits per heavy atom. The number of fused-ring (bicyclic) bond motifs is 1. The molecule has 1 aliphatic rings. The Hall–Kier alpha value is -2.79. The summed E-state index contributed by atoms with van der Waals surface area (Å²) < 4.78 is 55.1. The number of amides is 1. The van der Waals surface area contributed by atoms with Crippen LogP contribution in [0.15, 0.2) is 29.2 Å². The number of sulfonamides is 1. The highest BCUT2D eigenvalue weighted by atomic mass is 35.5. The normalized spacial score (nSPS) is 15.9. The quantitative estimate of drug-likeness (QED) is 0.568. The van der Waals surface area contributed by atoms with Crippen molar-refractivity contribution in [2.45, 2.75) is 24.7 Å². The number of nitrogens with one attached hydrogen (secondary N) is 1. The van der Waals surface area contributed by atoms with E-state index in [-0.39, 0.29) is 28.7 Å². The van der Waals surface area contributed by atoms with Crippen LogP contribution in [0.25, 0.3) is 0 Å². The summed E-state index contributed by atoms with van der Waals surface area (Å²) in [6.07, 6.45) is 0. The van der Waals surface area contributed by atoms with E-state index in [2.05, 4.69) is 0 Å². The van der Waals surface area contributed by atoms with Crippen molar-refractivity contribution >= 4 is 44.6 Å². The van der Waals surface area contributed by atoms with Crippen LogP contribution < -0.4 is 9.62 Å². The van der Waals surface area contributed by atoms with Gasteiger partial charge in [0, 0.05) is 30.5 Å². The lowest BCUT2D eigenvalue weighted by Crippen LogP contribution is -2.27. The molecule has 0 spiro atoms. The molecule has 0 aliphatic carbocycles. The van der Waals surface area contributed by atoms with Gasteiger partial charge in [0.15, 0.2) is 11.6 Å². The van der Waals surface area contributed by atoms with Gasteiger partial charge in [0.1, 0.15) is 11.4 Å². The van der Waals surface area contributed by atoms with Crippen molar-refractivity contribution in [3.8, 4) is 0 Å². The van der Waals surface area contributed by atoms with E-state index in [4.69, 9.17) is 11.6 Å². The maximum atomic E-state index is 14.0. The molecule has 1 amide bonds. The van der Waals surface area contributed by atoms with Crippen LogP contribution in [0, 0.1) is 21.7 Å². The standard InChI is InChI=1S/C17H14ClF2N3O5S/c1-8-7-22(9(2)24)17-12(8)5-11(6-15(17)23(25)26)29(27,28)21-16-13(19)3-10(18)4-14(16)20/h3-6,8,21H,7H2,1-2H3/t8-/m1/s1. The van der Waals surface area contributed by atoms with Gasteiger partial charge in [0.2, 0.25) is 5.91 Å². The van der Waals surface area contributed by atoms with Crippen molar-refractivity contribution in [3.63, 3.8) is 0 Å². The summed E-state index contributed by atoms with van der Waals surface area (Å²) in [7, 11) is -4.59. The minimum absolute atomic E-state index is 0.0119. The van der Waals surface area contributed by atoms with Crippen molar-refractivity contribution in [3.05, 3.63) is 56.6 Å². The number of halogens is 3. The Balaban J connectivity index is 2.15. The van der Waals surface area contributed by atoms with E-state index < -0.39 is 48.8 Å². The van der Waals surface area contributed by atoms with Gasteiger partial charge >= 0.3 is 0 Å². The summed E-state index contributed by atoms with van der Waals surface area (Å²) in [5.74, 6) is -3.31. The Labute approximate surface area is 169 Å². The number of carbonyl (C=O) groups is 1. The summed E-state index contributed by atoms with van der Waals surface area (Å²) in [6, 6.07) is 3.35. The topological polar surface area (TPSA) is 110 Å². The molecule has 0 unspecified atom stereocenters. The molecule has 29 heavy (non-hydrogen) atoms. The van der Waals surface area contributed by atoms with Crippen molar-refractivity contribution in [1.82, 2.24) is 0 Å². The summed E-state index contributed by atoms with van der Waals surface area (Å²) in [4.78, 5) is 23.2. The van der Waals surface area contributed by atoms with E-state index >= 15 is 0 Å². The molecule has 1 N–H and O–H groups in total.